The second-order valence-corrected chi connectivity index (χ2v) is 12.6. The Balaban J connectivity index is 1.51. The molecule has 2 aromatic heterocycles. The quantitative estimate of drug-likeness (QED) is 0.409. The van der Waals surface area contributed by atoms with Crippen molar-refractivity contribution in [3.05, 3.63) is 67.6 Å². The maximum atomic E-state index is 16.0. The third kappa shape index (κ3) is 4.93. The molecule has 0 amide bonds. The minimum atomic E-state index is -3.36. The number of nitrogens with zero attached hydrogens (tertiary/aromatic N) is 5. The molecular formula is C32H37F3N6O2. The molecular weight excluding hydrogens is 557 g/mol. The number of aryl methyl sites for hydroxylation is 2. The van der Waals surface area contributed by atoms with Gasteiger partial charge in [-0.25, -0.2) is 18.0 Å². The van der Waals surface area contributed by atoms with Crippen molar-refractivity contribution in [3.8, 4) is 6.07 Å². The van der Waals surface area contributed by atoms with E-state index in [1.807, 2.05) is 6.92 Å². The van der Waals surface area contributed by atoms with Crippen molar-refractivity contribution in [1.82, 2.24) is 19.0 Å². The van der Waals surface area contributed by atoms with E-state index in [4.69, 9.17) is 0 Å². The number of hydrogen-bond acceptors (Lipinski definition) is 6. The fourth-order valence-electron chi connectivity index (χ4n) is 6.95. The number of hydrogen-bond donors (Lipinski definition) is 1. The van der Waals surface area contributed by atoms with Gasteiger partial charge in [-0.2, -0.15) is 10.2 Å². The fraction of sp³-hybridized carbons (Fsp3) is 0.562. The predicted octanol–water partition coefficient (Wildman–Crippen LogP) is 5.34. The lowest BCUT2D eigenvalue weighted by atomic mass is 9.91. The number of benzene rings is 1. The van der Waals surface area contributed by atoms with Gasteiger partial charge in [-0.1, -0.05) is 31.0 Å². The molecule has 0 spiro atoms. The van der Waals surface area contributed by atoms with Crippen molar-refractivity contribution in [3.63, 3.8) is 0 Å². The molecule has 1 saturated heterocycles. The first-order valence-corrected chi connectivity index (χ1v) is 15.2. The van der Waals surface area contributed by atoms with E-state index in [2.05, 4.69) is 21.3 Å². The molecule has 7 rings (SSSR count). The van der Waals surface area contributed by atoms with Crippen LogP contribution in [0.1, 0.15) is 81.5 Å². The minimum Gasteiger partial charge on any atom is -0.363 e. The normalized spacial score (nSPS) is 26.6. The number of aromatic nitrogens is 3. The molecule has 4 aliphatic rings. The summed E-state index contributed by atoms with van der Waals surface area (Å²) >= 11 is 0. The molecule has 1 saturated carbocycles. The minimum absolute atomic E-state index is 0.0261. The van der Waals surface area contributed by atoms with Gasteiger partial charge in [-0.15, -0.1) is 0 Å². The van der Waals surface area contributed by atoms with E-state index in [0.29, 0.717) is 55.4 Å². The first kappa shape index (κ1) is 29.4. The smallest absolute Gasteiger partial charge is 0.351 e. The molecule has 3 unspecified atom stereocenters. The van der Waals surface area contributed by atoms with Crippen LogP contribution in [0.25, 0.3) is 11.0 Å². The van der Waals surface area contributed by atoms with Gasteiger partial charge in [0, 0.05) is 43.2 Å². The van der Waals surface area contributed by atoms with Gasteiger partial charge in [0.05, 0.1) is 28.5 Å². The highest BCUT2D eigenvalue weighted by molar-refractivity contribution is 5.88. The van der Waals surface area contributed by atoms with E-state index < -0.39 is 40.4 Å². The molecule has 3 aromatic rings. The van der Waals surface area contributed by atoms with Crippen molar-refractivity contribution in [1.29, 1.82) is 5.26 Å². The first-order valence-electron chi connectivity index (χ1n) is 15.2. The average molecular weight is 595 g/mol. The Morgan fingerprint density at radius 3 is 2.56 bits per heavy atom. The first-order chi connectivity index (χ1) is 20.5. The molecule has 3 aliphatic heterocycles. The van der Waals surface area contributed by atoms with Crippen LogP contribution in [0.5, 0.6) is 0 Å². The summed E-state index contributed by atoms with van der Waals surface area (Å²) in [5.74, 6) is -5.21. The highest BCUT2D eigenvalue weighted by atomic mass is 19.3. The van der Waals surface area contributed by atoms with Crippen molar-refractivity contribution >= 4 is 16.9 Å². The number of nitriles is 1. The average Bonchev–Trinajstić information content (AvgIpc) is 3.60. The molecule has 1 aromatic carbocycles. The van der Waals surface area contributed by atoms with Crippen LogP contribution in [0.15, 0.2) is 33.9 Å². The summed E-state index contributed by atoms with van der Waals surface area (Å²) in [6, 6.07) is 7.22. The Morgan fingerprint density at radius 1 is 1.07 bits per heavy atom. The van der Waals surface area contributed by atoms with Crippen molar-refractivity contribution in [2.45, 2.75) is 88.8 Å². The van der Waals surface area contributed by atoms with E-state index in [1.54, 1.807) is 20.0 Å². The lowest BCUT2D eigenvalue weighted by Gasteiger charge is -2.28. The molecule has 11 heteroatoms. The third-order valence-electron chi connectivity index (χ3n) is 9.88. The lowest BCUT2D eigenvalue weighted by Crippen LogP contribution is -2.34. The molecule has 8 nitrogen and oxygen atoms in total. The summed E-state index contributed by atoms with van der Waals surface area (Å²) in [5, 5.41) is 13.4. The van der Waals surface area contributed by atoms with E-state index in [9.17, 15) is 14.9 Å². The van der Waals surface area contributed by atoms with Crippen molar-refractivity contribution in [2.24, 2.45) is 13.0 Å². The van der Waals surface area contributed by atoms with E-state index >= 15 is 13.2 Å². The van der Waals surface area contributed by atoms with Crippen LogP contribution in [-0.4, -0.2) is 38.1 Å². The molecule has 5 heterocycles. The van der Waals surface area contributed by atoms with Crippen LogP contribution < -0.4 is 16.6 Å². The number of anilines is 1. The monoisotopic (exact) mass is 594 g/mol. The molecule has 228 valence electrons. The van der Waals surface area contributed by atoms with Crippen LogP contribution in [0.4, 0.5) is 19.0 Å². The van der Waals surface area contributed by atoms with Gasteiger partial charge in [-0.05, 0) is 58.6 Å². The van der Waals surface area contributed by atoms with E-state index in [-0.39, 0.29) is 29.5 Å². The highest BCUT2D eigenvalue weighted by Crippen LogP contribution is 2.47. The summed E-state index contributed by atoms with van der Waals surface area (Å²) in [7, 11) is 1.58. The van der Waals surface area contributed by atoms with E-state index in [0.717, 1.165) is 25.3 Å². The highest BCUT2D eigenvalue weighted by Gasteiger charge is 2.48. The third-order valence-corrected chi connectivity index (χ3v) is 9.88. The molecule has 1 aliphatic carbocycles. The summed E-state index contributed by atoms with van der Waals surface area (Å²) in [4.78, 5) is 33.3. The van der Waals surface area contributed by atoms with Crippen LogP contribution >= 0.6 is 0 Å². The van der Waals surface area contributed by atoms with Crippen LogP contribution in [-0.2, 0) is 24.9 Å². The Kier molecular flexibility index (Phi) is 7.40. The molecule has 4 atom stereocenters. The number of nitrogens with one attached hydrogen (secondary N) is 1. The van der Waals surface area contributed by atoms with Gasteiger partial charge in [0.2, 0.25) is 0 Å². The zero-order chi connectivity index (χ0) is 30.7. The summed E-state index contributed by atoms with van der Waals surface area (Å²) in [6.45, 7) is 4.77. The zero-order valence-electron chi connectivity index (χ0n) is 24.8. The standard InChI is InChI=1S/C32H37F3N6O2/c1-19-8-5-4-6-14-41-28-23(16-25(29(42)39(28)3)31(18-36)12-13-31)27(38-30(41)43)37-20(2)22-9-7-10-24(26(22)33)32(34,35)21-11-15-40(19)17-21/h7,9-10,16,19-21H,4-6,8,11-15,17H2,1-3H3,(H,37,38,43)/t19?,20-,21?/m1/s1. The van der Waals surface area contributed by atoms with Gasteiger partial charge < -0.3 is 10.2 Å². The zero-order valence-corrected chi connectivity index (χ0v) is 24.8. The van der Waals surface area contributed by atoms with Crippen LogP contribution in [0.2, 0.25) is 0 Å². The molecule has 0 radical (unpaired) electrons. The Bertz CT molecular complexity index is 1740. The van der Waals surface area contributed by atoms with Crippen molar-refractivity contribution in [2.75, 3.05) is 18.4 Å². The SMILES string of the molecule is CC1CCCCCn2c(=O)nc(c3cc(C4(C#N)CC4)c(=O)n(C)c32)N[C@H](C)c2cccc(c2F)C(F)(F)C2CCN1C2. The number of pyridine rings is 1. The Labute approximate surface area is 248 Å². The molecule has 2 fully saturated rings. The summed E-state index contributed by atoms with van der Waals surface area (Å²) in [6.07, 6.45) is 4.55. The molecule has 6 bridgehead atoms. The van der Waals surface area contributed by atoms with Crippen LogP contribution in [0, 0.1) is 23.1 Å². The summed E-state index contributed by atoms with van der Waals surface area (Å²) < 4.78 is 50.6. The van der Waals surface area contributed by atoms with Gasteiger partial charge in [0.25, 0.3) is 11.5 Å². The largest absolute Gasteiger partial charge is 0.363 e. The maximum Gasteiger partial charge on any atom is 0.351 e. The second-order valence-electron chi connectivity index (χ2n) is 12.6. The van der Waals surface area contributed by atoms with Crippen LogP contribution in [0.3, 0.4) is 0 Å². The molecule has 1 N–H and O–H groups in total. The Hall–Kier alpha value is -3.65. The van der Waals surface area contributed by atoms with Gasteiger partial charge in [-0.3, -0.25) is 13.9 Å². The Morgan fingerprint density at radius 2 is 1.84 bits per heavy atom. The number of alkyl halides is 2. The van der Waals surface area contributed by atoms with Gasteiger partial charge in [0.15, 0.2) is 0 Å². The lowest BCUT2D eigenvalue weighted by molar-refractivity contribution is -0.0647. The molecule has 43 heavy (non-hydrogen) atoms. The predicted molar refractivity (Wildman–Crippen MR) is 158 cm³/mol. The second kappa shape index (κ2) is 10.8. The van der Waals surface area contributed by atoms with Crippen molar-refractivity contribution < 1.29 is 13.2 Å². The summed E-state index contributed by atoms with van der Waals surface area (Å²) in [5.41, 5.74) is -1.72. The number of rotatable bonds is 1. The van der Waals surface area contributed by atoms with Gasteiger partial charge in [0.1, 0.15) is 17.3 Å². The number of fused-ring (bicyclic) bond motifs is 7. The number of halogens is 3. The maximum absolute atomic E-state index is 16.0. The fourth-order valence-corrected chi connectivity index (χ4v) is 6.95. The van der Waals surface area contributed by atoms with Gasteiger partial charge >= 0.3 is 5.69 Å². The van der Waals surface area contributed by atoms with E-state index in [1.165, 1.54) is 21.3 Å². The topological polar surface area (TPSA) is 96.0 Å².